The summed E-state index contributed by atoms with van der Waals surface area (Å²) in [5.41, 5.74) is 9.39. The van der Waals surface area contributed by atoms with Crippen molar-refractivity contribution in [2.24, 2.45) is 0 Å². The van der Waals surface area contributed by atoms with Gasteiger partial charge in [-0.15, -0.1) is 0 Å². The van der Waals surface area contributed by atoms with E-state index in [4.69, 9.17) is 5.73 Å². The van der Waals surface area contributed by atoms with E-state index in [1.807, 2.05) is 13.0 Å². The van der Waals surface area contributed by atoms with Gasteiger partial charge in [0.05, 0.1) is 5.69 Å². The lowest BCUT2D eigenvalue weighted by Crippen LogP contribution is -2.30. The van der Waals surface area contributed by atoms with Crippen LogP contribution < -0.4 is 5.73 Å². The zero-order chi connectivity index (χ0) is 13.4. The molecule has 0 saturated heterocycles. The van der Waals surface area contributed by atoms with Gasteiger partial charge in [0, 0.05) is 36.8 Å². The van der Waals surface area contributed by atoms with E-state index in [0.29, 0.717) is 5.82 Å². The summed E-state index contributed by atoms with van der Waals surface area (Å²) in [4.78, 5) is 10.7. The van der Waals surface area contributed by atoms with E-state index >= 15 is 0 Å². The molecule has 0 atom stereocenters. The second-order valence-corrected chi connectivity index (χ2v) is 4.86. The van der Waals surface area contributed by atoms with Crippen molar-refractivity contribution in [3.8, 4) is 5.82 Å². The number of likely N-dealkylation sites (N-methyl/N-ethyl adjacent to an activating group) is 1. The zero-order valence-electron chi connectivity index (χ0n) is 11.3. The Labute approximate surface area is 112 Å². The van der Waals surface area contributed by atoms with E-state index in [9.17, 15) is 0 Å². The first kappa shape index (κ1) is 12.1. The summed E-state index contributed by atoms with van der Waals surface area (Å²) in [6.07, 6.45) is 2.49. The van der Waals surface area contributed by atoms with Crippen molar-refractivity contribution in [2.45, 2.75) is 26.8 Å². The number of hydrogen-bond acceptors (Lipinski definition) is 5. The number of hydrogen-bond donors (Lipinski definition) is 1. The minimum absolute atomic E-state index is 0.700. The fourth-order valence-corrected chi connectivity index (χ4v) is 2.45. The van der Waals surface area contributed by atoms with Crippen LogP contribution in [0.2, 0.25) is 0 Å². The molecule has 1 aliphatic heterocycles. The van der Waals surface area contributed by atoms with Crippen LogP contribution in [0.1, 0.15) is 23.9 Å². The maximum absolute atomic E-state index is 6.24. The van der Waals surface area contributed by atoms with Gasteiger partial charge in [-0.25, -0.2) is 9.97 Å². The fourth-order valence-electron chi connectivity index (χ4n) is 2.45. The molecule has 0 unspecified atom stereocenters. The van der Waals surface area contributed by atoms with Crippen LogP contribution in [-0.2, 0) is 13.0 Å². The lowest BCUT2D eigenvalue weighted by atomic mass is 10.1. The Morgan fingerprint density at radius 3 is 2.95 bits per heavy atom. The van der Waals surface area contributed by atoms with Gasteiger partial charge in [0.25, 0.3) is 0 Å². The lowest BCUT2D eigenvalue weighted by Gasteiger charge is -2.24. The Morgan fingerprint density at radius 2 is 2.21 bits per heavy atom. The molecule has 19 heavy (non-hydrogen) atoms. The number of nitrogens with zero attached hydrogens (tertiary/aromatic N) is 5. The zero-order valence-corrected chi connectivity index (χ0v) is 11.3. The highest BCUT2D eigenvalue weighted by molar-refractivity contribution is 5.49. The number of aryl methyl sites for hydroxylation is 1. The molecule has 6 heteroatoms. The van der Waals surface area contributed by atoms with Crippen LogP contribution in [0.5, 0.6) is 0 Å². The minimum Gasteiger partial charge on any atom is -0.383 e. The fraction of sp³-hybridized carbons (Fsp3) is 0.462. The monoisotopic (exact) mass is 258 g/mol. The maximum atomic E-state index is 6.24. The predicted molar refractivity (Wildman–Crippen MR) is 73.0 cm³/mol. The number of nitrogen functional groups attached to an aromatic ring is 1. The van der Waals surface area contributed by atoms with Gasteiger partial charge in [0.15, 0.2) is 5.82 Å². The van der Waals surface area contributed by atoms with Crippen molar-refractivity contribution >= 4 is 5.82 Å². The second-order valence-electron chi connectivity index (χ2n) is 4.86. The van der Waals surface area contributed by atoms with Crippen molar-refractivity contribution < 1.29 is 0 Å². The molecule has 0 amide bonds. The molecule has 0 fully saturated rings. The van der Waals surface area contributed by atoms with Crippen LogP contribution in [0, 0.1) is 6.92 Å². The van der Waals surface area contributed by atoms with Crippen LogP contribution >= 0.6 is 0 Å². The van der Waals surface area contributed by atoms with Crippen LogP contribution in [0.25, 0.3) is 5.82 Å². The van der Waals surface area contributed by atoms with E-state index in [0.717, 1.165) is 48.8 Å². The average Bonchev–Trinajstić information content (AvgIpc) is 2.76. The first-order valence-electron chi connectivity index (χ1n) is 6.56. The molecule has 0 radical (unpaired) electrons. The smallest absolute Gasteiger partial charge is 0.159 e. The van der Waals surface area contributed by atoms with Gasteiger partial charge in [-0.1, -0.05) is 6.92 Å². The topological polar surface area (TPSA) is 72.9 Å². The van der Waals surface area contributed by atoms with Crippen LogP contribution in [0.15, 0.2) is 12.4 Å². The Kier molecular flexibility index (Phi) is 2.94. The SMILES string of the molecule is CCN1CCc2nn(-c3cc(C)ncn3)c(N)c2C1. The number of nitrogens with two attached hydrogens (primary N) is 1. The summed E-state index contributed by atoms with van der Waals surface area (Å²) < 4.78 is 1.73. The molecule has 0 bridgehead atoms. The maximum Gasteiger partial charge on any atom is 0.159 e. The van der Waals surface area contributed by atoms with Gasteiger partial charge in [-0.05, 0) is 13.5 Å². The largest absolute Gasteiger partial charge is 0.383 e. The van der Waals surface area contributed by atoms with E-state index in [1.165, 1.54) is 0 Å². The van der Waals surface area contributed by atoms with Gasteiger partial charge in [-0.2, -0.15) is 9.78 Å². The summed E-state index contributed by atoms with van der Waals surface area (Å²) in [6.45, 7) is 7.06. The van der Waals surface area contributed by atoms with Crippen LogP contribution in [0.3, 0.4) is 0 Å². The average molecular weight is 258 g/mol. The lowest BCUT2D eigenvalue weighted by molar-refractivity contribution is 0.267. The molecule has 6 nitrogen and oxygen atoms in total. The first-order valence-corrected chi connectivity index (χ1v) is 6.56. The van der Waals surface area contributed by atoms with E-state index in [-0.39, 0.29) is 0 Å². The molecule has 2 N–H and O–H groups in total. The van der Waals surface area contributed by atoms with Crippen molar-refractivity contribution in [3.05, 3.63) is 29.3 Å². The third-order valence-electron chi connectivity index (χ3n) is 3.61. The standard InChI is InChI=1S/C13H18N6/c1-3-18-5-4-11-10(7-18)13(14)19(17-11)12-6-9(2)15-8-16-12/h6,8H,3-5,7,14H2,1-2H3. The third-order valence-corrected chi connectivity index (χ3v) is 3.61. The summed E-state index contributed by atoms with van der Waals surface area (Å²) in [6, 6.07) is 1.90. The van der Waals surface area contributed by atoms with Crippen molar-refractivity contribution in [2.75, 3.05) is 18.8 Å². The molecule has 0 aliphatic carbocycles. The van der Waals surface area contributed by atoms with Crippen molar-refractivity contribution in [1.29, 1.82) is 0 Å². The summed E-state index contributed by atoms with van der Waals surface area (Å²) in [7, 11) is 0. The second kappa shape index (κ2) is 4.62. The number of fused-ring (bicyclic) bond motifs is 1. The van der Waals surface area contributed by atoms with Gasteiger partial charge < -0.3 is 5.73 Å². The summed E-state index contributed by atoms with van der Waals surface area (Å²) in [5, 5.41) is 4.61. The molecule has 3 heterocycles. The highest BCUT2D eigenvalue weighted by atomic mass is 15.4. The number of aromatic nitrogens is 4. The molecule has 1 aliphatic rings. The molecular formula is C13H18N6. The normalized spacial score (nSPS) is 15.5. The minimum atomic E-state index is 0.700. The third kappa shape index (κ3) is 2.08. The first-order chi connectivity index (χ1) is 9.19. The highest BCUT2D eigenvalue weighted by Crippen LogP contribution is 2.25. The Bertz CT molecular complexity index is 603. The van der Waals surface area contributed by atoms with Gasteiger partial charge in [0.1, 0.15) is 12.1 Å². The molecular weight excluding hydrogens is 240 g/mol. The molecule has 2 aromatic rings. The molecule has 0 spiro atoms. The molecule has 3 rings (SSSR count). The summed E-state index contributed by atoms with van der Waals surface area (Å²) >= 11 is 0. The van der Waals surface area contributed by atoms with Crippen LogP contribution in [0.4, 0.5) is 5.82 Å². The van der Waals surface area contributed by atoms with E-state index in [2.05, 4.69) is 26.9 Å². The number of anilines is 1. The molecule has 2 aromatic heterocycles. The van der Waals surface area contributed by atoms with E-state index in [1.54, 1.807) is 11.0 Å². The van der Waals surface area contributed by atoms with Gasteiger partial charge in [-0.3, -0.25) is 4.90 Å². The number of rotatable bonds is 2. The Morgan fingerprint density at radius 1 is 1.37 bits per heavy atom. The van der Waals surface area contributed by atoms with E-state index < -0.39 is 0 Å². The van der Waals surface area contributed by atoms with Crippen LogP contribution in [-0.4, -0.2) is 37.7 Å². The Hall–Kier alpha value is -1.95. The van der Waals surface area contributed by atoms with Crippen molar-refractivity contribution in [1.82, 2.24) is 24.6 Å². The van der Waals surface area contributed by atoms with Crippen molar-refractivity contribution in [3.63, 3.8) is 0 Å². The highest BCUT2D eigenvalue weighted by Gasteiger charge is 2.23. The molecule has 100 valence electrons. The summed E-state index contributed by atoms with van der Waals surface area (Å²) in [5.74, 6) is 1.44. The predicted octanol–water partition coefficient (Wildman–Crippen LogP) is 0.931. The molecule has 0 saturated carbocycles. The van der Waals surface area contributed by atoms with Gasteiger partial charge in [0.2, 0.25) is 0 Å². The van der Waals surface area contributed by atoms with Gasteiger partial charge >= 0.3 is 0 Å². The quantitative estimate of drug-likeness (QED) is 0.867. The molecule has 0 aromatic carbocycles. The Balaban J connectivity index is 2.03.